The normalized spacial score (nSPS) is 17.0. The Morgan fingerprint density at radius 3 is 2.50 bits per heavy atom. The maximum Gasteiger partial charge on any atom is 0.401 e. The summed E-state index contributed by atoms with van der Waals surface area (Å²) in [5.74, 6) is -0.185. The maximum absolute atomic E-state index is 13.5. The molecule has 0 spiro atoms. The van der Waals surface area contributed by atoms with Crippen LogP contribution in [0.25, 0.3) is 10.9 Å². The van der Waals surface area contributed by atoms with Gasteiger partial charge in [0.15, 0.2) is 0 Å². The second kappa shape index (κ2) is 11.1. The third-order valence-corrected chi connectivity index (χ3v) is 8.46. The van der Waals surface area contributed by atoms with Gasteiger partial charge in [0.25, 0.3) is 11.5 Å². The number of para-hydroxylation sites is 1. The van der Waals surface area contributed by atoms with Crippen molar-refractivity contribution >= 4 is 27.6 Å². The fourth-order valence-corrected chi connectivity index (χ4v) is 6.48. The summed E-state index contributed by atoms with van der Waals surface area (Å²) in [7, 11) is -1.40. The smallest absolute Gasteiger partial charge is 0.348 e. The molecule has 1 aliphatic rings. The SMILES string of the molecule is Cc1cc(S(C)=O)c(CNC(=O)c2c(C)n([C@H](C)C3CCN(CC(F)(F)F)CC3)c3ccccc23)c(=O)[nH]1. The second-order valence-corrected chi connectivity index (χ2v) is 11.4. The molecular weight excluding hydrogens is 517 g/mol. The van der Waals surface area contributed by atoms with E-state index in [4.69, 9.17) is 0 Å². The van der Waals surface area contributed by atoms with Crippen LogP contribution in [0.2, 0.25) is 0 Å². The van der Waals surface area contributed by atoms with Gasteiger partial charge in [-0.25, -0.2) is 0 Å². The molecule has 2 atom stereocenters. The number of nitrogens with zero attached hydrogens (tertiary/aromatic N) is 2. The van der Waals surface area contributed by atoms with E-state index in [1.165, 1.54) is 11.2 Å². The van der Waals surface area contributed by atoms with Gasteiger partial charge in [-0.1, -0.05) is 18.2 Å². The molecule has 2 aromatic heterocycles. The van der Waals surface area contributed by atoms with E-state index in [-0.39, 0.29) is 35.5 Å². The van der Waals surface area contributed by atoms with Crippen LogP contribution in [-0.4, -0.2) is 56.6 Å². The quantitative estimate of drug-likeness (QED) is 0.455. The lowest BCUT2D eigenvalue weighted by molar-refractivity contribution is -0.149. The first kappa shape index (κ1) is 28.1. The molecule has 0 radical (unpaired) electrons. The van der Waals surface area contributed by atoms with E-state index in [2.05, 4.69) is 21.8 Å². The molecule has 1 aliphatic heterocycles. The predicted octanol–water partition coefficient (Wildman–Crippen LogP) is 4.45. The van der Waals surface area contributed by atoms with E-state index < -0.39 is 23.5 Å². The number of fused-ring (bicyclic) bond motifs is 1. The van der Waals surface area contributed by atoms with Gasteiger partial charge < -0.3 is 14.9 Å². The summed E-state index contributed by atoms with van der Waals surface area (Å²) in [5.41, 5.74) is 2.58. The summed E-state index contributed by atoms with van der Waals surface area (Å²) in [4.78, 5) is 30.6. The zero-order valence-electron chi connectivity index (χ0n) is 21.9. The number of H-pyrrole nitrogens is 1. The largest absolute Gasteiger partial charge is 0.401 e. The van der Waals surface area contributed by atoms with Gasteiger partial charge >= 0.3 is 6.18 Å². The number of halogens is 3. The van der Waals surface area contributed by atoms with Crippen LogP contribution < -0.4 is 10.9 Å². The minimum atomic E-state index is -4.20. The number of amides is 1. The van der Waals surface area contributed by atoms with Gasteiger partial charge in [-0.2, -0.15) is 13.2 Å². The second-order valence-electron chi connectivity index (χ2n) is 10.1. The lowest BCUT2D eigenvalue weighted by Gasteiger charge is -2.36. The molecule has 1 unspecified atom stereocenters. The minimum Gasteiger partial charge on any atom is -0.348 e. The minimum absolute atomic E-state index is 0.0245. The van der Waals surface area contributed by atoms with Crippen molar-refractivity contribution in [1.29, 1.82) is 0 Å². The fraction of sp³-hybridized carbons (Fsp3) is 0.481. The van der Waals surface area contributed by atoms with Crippen molar-refractivity contribution in [2.75, 3.05) is 25.9 Å². The molecule has 0 aliphatic carbocycles. The predicted molar refractivity (Wildman–Crippen MR) is 142 cm³/mol. The lowest BCUT2D eigenvalue weighted by atomic mass is 9.90. The highest BCUT2D eigenvalue weighted by Crippen LogP contribution is 2.36. The Kier molecular flexibility index (Phi) is 8.17. The molecule has 2 N–H and O–H groups in total. The van der Waals surface area contributed by atoms with Crippen molar-refractivity contribution in [3.63, 3.8) is 0 Å². The van der Waals surface area contributed by atoms with Crippen LogP contribution >= 0.6 is 0 Å². The molecule has 1 saturated heterocycles. The van der Waals surface area contributed by atoms with Crippen LogP contribution in [0.3, 0.4) is 0 Å². The van der Waals surface area contributed by atoms with Crippen LogP contribution in [0.1, 0.15) is 53.1 Å². The average Bonchev–Trinajstić information content (AvgIpc) is 3.13. The Balaban J connectivity index is 1.59. The van der Waals surface area contributed by atoms with Crippen molar-refractivity contribution in [1.82, 2.24) is 19.8 Å². The topological polar surface area (TPSA) is 87.2 Å². The van der Waals surface area contributed by atoms with Crippen LogP contribution in [0.15, 0.2) is 40.0 Å². The monoisotopic (exact) mass is 550 g/mol. The van der Waals surface area contributed by atoms with Crippen molar-refractivity contribution < 1.29 is 22.2 Å². The Labute approximate surface area is 221 Å². The van der Waals surface area contributed by atoms with Gasteiger partial charge in [0.05, 0.1) is 33.4 Å². The first-order valence-corrected chi connectivity index (χ1v) is 14.2. The molecular formula is C27H33F3N4O3S. The van der Waals surface area contributed by atoms with E-state index in [0.29, 0.717) is 42.1 Å². The highest BCUT2D eigenvalue weighted by Gasteiger charge is 2.34. The third kappa shape index (κ3) is 5.88. The van der Waals surface area contributed by atoms with Gasteiger partial charge in [-0.3, -0.25) is 18.7 Å². The molecule has 3 heterocycles. The summed E-state index contributed by atoms with van der Waals surface area (Å²) in [5, 5.41) is 3.61. The van der Waals surface area contributed by atoms with E-state index in [1.54, 1.807) is 13.0 Å². The number of likely N-dealkylation sites (tertiary alicyclic amines) is 1. The Morgan fingerprint density at radius 1 is 1.21 bits per heavy atom. The number of aryl methyl sites for hydroxylation is 1. The van der Waals surface area contributed by atoms with E-state index in [1.807, 2.05) is 31.2 Å². The first-order chi connectivity index (χ1) is 17.9. The first-order valence-electron chi connectivity index (χ1n) is 12.6. The van der Waals surface area contributed by atoms with Crippen LogP contribution in [0, 0.1) is 19.8 Å². The van der Waals surface area contributed by atoms with Crippen molar-refractivity contribution in [3.8, 4) is 0 Å². The molecule has 38 heavy (non-hydrogen) atoms. The van der Waals surface area contributed by atoms with E-state index in [9.17, 15) is 27.0 Å². The number of carbonyl (C=O) groups excluding carboxylic acids is 1. The summed E-state index contributed by atoms with van der Waals surface area (Å²) in [6.07, 6.45) is -1.44. The Bertz CT molecular complexity index is 1420. The van der Waals surface area contributed by atoms with Crippen LogP contribution in [-0.2, 0) is 17.3 Å². The number of hydrogen-bond donors (Lipinski definition) is 2. The number of pyridine rings is 1. The maximum atomic E-state index is 13.5. The molecule has 1 amide bonds. The molecule has 0 saturated carbocycles. The highest BCUT2D eigenvalue weighted by molar-refractivity contribution is 7.84. The number of rotatable bonds is 7. The number of aromatic nitrogens is 2. The van der Waals surface area contributed by atoms with E-state index in [0.717, 1.165) is 16.6 Å². The number of alkyl halides is 3. The molecule has 11 heteroatoms. The molecule has 1 fully saturated rings. The number of piperidine rings is 1. The fourth-order valence-electron chi connectivity index (χ4n) is 5.63. The molecule has 206 valence electrons. The Hall–Kier alpha value is -2.92. The van der Waals surface area contributed by atoms with Gasteiger partial charge in [0, 0.05) is 41.1 Å². The number of aromatic amines is 1. The molecule has 0 bridgehead atoms. The highest BCUT2D eigenvalue weighted by atomic mass is 32.2. The number of hydrogen-bond acceptors (Lipinski definition) is 4. The van der Waals surface area contributed by atoms with Crippen molar-refractivity contribution in [2.45, 2.75) is 57.3 Å². The van der Waals surface area contributed by atoms with Crippen molar-refractivity contribution in [3.05, 3.63) is 63.2 Å². The molecule has 7 nitrogen and oxygen atoms in total. The molecule has 3 aromatic rings. The van der Waals surface area contributed by atoms with Gasteiger partial charge in [-0.05, 0) is 64.8 Å². The summed E-state index contributed by atoms with van der Waals surface area (Å²) in [6, 6.07) is 9.19. The van der Waals surface area contributed by atoms with E-state index >= 15 is 0 Å². The summed E-state index contributed by atoms with van der Waals surface area (Å²) < 4.78 is 52.8. The Morgan fingerprint density at radius 2 is 1.87 bits per heavy atom. The third-order valence-electron chi connectivity index (χ3n) is 7.47. The number of carbonyl (C=O) groups is 1. The zero-order valence-corrected chi connectivity index (χ0v) is 22.8. The standard InChI is InChI=1S/C27H33F3N4O3S/c1-16-13-23(38(4)37)21(25(35)32-16)14-31-26(36)24-18(3)34(22-8-6-5-7-20(22)24)17(2)19-9-11-33(12-10-19)15-27(28,29)30/h5-8,13,17,19H,9-12,14-15H2,1-4H3,(H,31,36)(H,32,35)/t17-,38?/m1/s1. The number of nitrogens with one attached hydrogen (secondary N) is 2. The lowest BCUT2D eigenvalue weighted by Crippen LogP contribution is -2.41. The van der Waals surface area contributed by atoms with Crippen molar-refractivity contribution in [2.24, 2.45) is 5.92 Å². The van der Waals surface area contributed by atoms with Gasteiger partial charge in [-0.15, -0.1) is 0 Å². The molecule has 4 rings (SSSR count). The van der Waals surface area contributed by atoms with Gasteiger partial charge in [0.1, 0.15) is 0 Å². The summed E-state index contributed by atoms with van der Waals surface area (Å²) in [6.45, 7) is 5.43. The van der Waals surface area contributed by atoms with Gasteiger partial charge in [0.2, 0.25) is 0 Å². The average molecular weight is 551 g/mol. The summed E-state index contributed by atoms with van der Waals surface area (Å²) >= 11 is 0. The van der Waals surface area contributed by atoms with Crippen LogP contribution in [0.5, 0.6) is 0 Å². The number of benzene rings is 1. The molecule has 1 aromatic carbocycles. The van der Waals surface area contributed by atoms with Crippen LogP contribution in [0.4, 0.5) is 13.2 Å². The zero-order chi connectivity index (χ0) is 27.8.